The molecule has 8 nitrogen and oxygen atoms in total. The van der Waals surface area contributed by atoms with Crippen LogP contribution in [0.1, 0.15) is 16.7 Å². The Morgan fingerprint density at radius 3 is 2.58 bits per heavy atom. The summed E-state index contributed by atoms with van der Waals surface area (Å²) in [5.41, 5.74) is 9.79. The van der Waals surface area contributed by atoms with Gasteiger partial charge in [-0.05, 0) is 29.3 Å². The van der Waals surface area contributed by atoms with E-state index in [0.717, 1.165) is 16.5 Å². The topological polar surface area (TPSA) is 134 Å². The average molecular weight is 457 g/mol. The number of H-pyrrole nitrogens is 1. The van der Waals surface area contributed by atoms with Crippen LogP contribution in [0.4, 0.5) is 5.82 Å². The van der Waals surface area contributed by atoms with Crippen LogP contribution in [0.15, 0.2) is 53.7 Å². The van der Waals surface area contributed by atoms with E-state index in [1.165, 1.54) is 11.8 Å². The van der Waals surface area contributed by atoms with Gasteiger partial charge in [0.1, 0.15) is 40.9 Å². The molecule has 0 aliphatic heterocycles. The highest BCUT2D eigenvalue weighted by Gasteiger charge is 2.21. The fourth-order valence-electron chi connectivity index (χ4n) is 3.45. The summed E-state index contributed by atoms with van der Waals surface area (Å²) in [7, 11) is 1.61. The molecule has 0 fully saturated rings. The summed E-state index contributed by atoms with van der Waals surface area (Å²) in [6.45, 7) is 0.905. The van der Waals surface area contributed by atoms with Gasteiger partial charge in [0, 0.05) is 23.8 Å². The summed E-state index contributed by atoms with van der Waals surface area (Å²) in [5.74, 6) is 1.32. The van der Waals surface area contributed by atoms with E-state index in [4.69, 9.17) is 15.2 Å². The molecule has 0 atom stereocenters. The second-order valence-electron chi connectivity index (χ2n) is 7.05. The number of aromatic amines is 1. The van der Waals surface area contributed by atoms with Gasteiger partial charge >= 0.3 is 0 Å². The van der Waals surface area contributed by atoms with E-state index in [1.807, 2.05) is 18.2 Å². The van der Waals surface area contributed by atoms with Gasteiger partial charge in [0.05, 0.1) is 23.9 Å². The van der Waals surface area contributed by atoms with E-state index < -0.39 is 0 Å². The fourth-order valence-corrected chi connectivity index (χ4v) is 4.45. The molecule has 4 aromatic rings. The molecule has 2 aromatic heterocycles. The van der Waals surface area contributed by atoms with E-state index >= 15 is 0 Å². The Bertz CT molecular complexity index is 1370. The lowest BCUT2D eigenvalue weighted by molar-refractivity contribution is 0.146. The highest BCUT2D eigenvalue weighted by molar-refractivity contribution is 7.98. The lowest BCUT2D eigenvalue weighted by atomic mass is 9.97. The molecule has 0 aliphatic rings. The summed E-state index contributed by atoms with van der Waals surface area (Å²) < 4.78 is 10.6. The van der Waals surface area contributed by atoms with Crippen LogP contribution in [0.25, 0.3) is 22.0 Å². The van der Waals surface area contributed by atoms with E-state index in [-0.39, 0.29) is 11.4 Å². The highest BCUT2D eigenvalue weighted by atomic mass is 32.2. The molecule has 0 saturated carbocycles. The zero-order valence-electron chi connectivity index (χ0n) is 17.8. The summed E-state index contributed by atoms with van der Waals surface area (Å²) in [6.07, 6.45) is 1.78. The second-order valence-corrected chi connectivity index (χ2v) is 8.02. The summed E-state index contributed by atoms with van der Waals surface area (Å²) in [6, 6.07) is 17.4. The molecular formula is C24H20N6O2S. The number of thioether (sulfide) groups is 1. The van der Waals surface area contributed by atoms with Crippen molar-refractivity contribution in [1.29, 1.82) is 10.5 Å². The number of fused-ring (bicyclic) bond motifs is 1. The van der Waals surface area contributed by atoms with Crippen molar-refractivity contribution < 1.29 is 9.47 Å². The number of hydrogen-bond donors (Lipinski definition) is 2. The van der Waals surface area contributed by atoms with Crippen LogP contribution in [0.2, 0.25) is 0 Å². The maximum atomic E-state index is 10.00. The van der Waals surface area contributed by atoms with Gasteiger partial charge in [0.2, 0.25) is 0 Å². The number of nitriles is 2. The Labute approximate surface area is 195 Å². The number of aromatic nitrogens is 3. The largest absolute Gasteiger partial charge is 0.491 e. The zero-order valence-corrected chi connectivity index (χ0v) is 18.6. The van der Waals surface area contributed by atoms with Crippen LogP contribution < -0.4 is 10.5 Å². The molecular weight excluding hydrogens is 436 g/mol. The molecule has 0 spiro atoms. The number of nitrogens with one attached hydrogen (secondary N) is 1. The highest BCUT2D eigenvalue weighted by Crippen LogP contribution is 2.37. The van der Waals surface area contributed by atoms with Crippen LogP contribution in [0, 0.1) is 22.7 Å². The molecule has 33 heavy (non-hydrogen) atoms. The van der Waals surface area contributed by atoms with Crippen molar-refractivity contribution in [3.05, 3.63) is 65.4 Å². The number of pyridine rings is 1. The standard InChI is InChI=1S/C24H20N6O2S/c1-31-9-10-32-17-7-5-15(6-8-17)22-18(11-25)23(27)29-24(19(22)12-26)33-14-16-3-2-4-21-20(16)13-28-30-21/h2-8,13H,9-10,14H2,1H3,(H2,27,29)(H,28,30). The minimum absolute atomic E-state index is 0.0935. The summed E-state index contributed by atoms with van der Waals surface area (Å²) in [4.78, 5) is 4.38. The first-order chi connectivity index (χ1) is 16.2. The Morgan fingerprint density at radius 1 is 1.06 bits per heavy atom. The molecule has 0 aliphatic carbocycles. The number of anilines is 1. The molecule has 4 rings (SSSR count). The molecule has 9 heteroatoms. The molecule has 0 saturated heterocycles. The fraction of sp³-hybridized carbons (Fsp3) is 0.167. The third-order valence-corrected chi connectivity index (χ3v) is 6.08. The average Bonchev–Trinajstić information content (AvgIpc) is 3.32. The van der Waals surface area contributed by atoms with Crippen molar-refractivity contribution >= 4 is 28.5 Å². The third-order valence-electron chi connectivity index (χ3n) is 5.05. The van der Waals surface area contributed by atoms with Crippen molar-refractivity contribution in [1.82, 2.24) is 15.2 Å². The number of nitrogens with two attached hydrogens (primary N) is 1. The van der Waals surface area contributed by atoms with Gasteiger partial charge in [-0.3, -0.25) is 5.10 Å². The van der Waals surface area contributed by atoms with Crippen molar-refractivity contribution in [2.24, 2.45) is 0 Å². The van der Waals surface area contributed by atoms with Crippen molar-refractivity contribution in [2.45, 2.75) is 10.8 Å². The van der Waals surface area contributed by atoms with Gasteiger partial charge in [0.25, 0.3) is 0 Å². The van der Waals surface area contributed by atoms with Crippen LogP contribution in [-0.2, 0) is 10.5 Å². The number of ether oxygens (including phenoxy) is 2. The van der Waals surface area contributed by atoms with Crippen molar-refractivity contribution in [3.8, 4) is 29.0 Å². The lowest BCUT2D eigenvalue weighted by Crippen LogP contribution is -2.05. The number of rotatable bonds is 8. The van der Waals surface area contributed by atoms with E-state index in [2.05, 4.69) is 27.3 Å². The molecule has 3 N–H and O–H groups in total. The zero-order chi connectivity index (χ0) is 23.2. The number of methoxy groups -OCH3 is 1. The van der Waals surface area contributed by atoms with Gasteiger partial charge in [-0.25, -0.2) is 4.98 Å². The number of nitrogens with zero attached hydrogens (tertiary/aromatic N) is 4. The van der Waals surface area contributed by atoms with Crippen LogP contribution in [-0.4, -0.2) is 35.5 Å². The van der Waals surface area contributed by atoms with E-state index in [1.54, 1.807) is 37.6 Å². The molecule has 0 amide bonds. The normalized spacial score (nSPS) is 10.6. The van der Waals surface area contributed by atoms with Gasteiger partial charge in [0.15, 0.2) is 0 Å². The van der Waals surface area contributed by atoms with Crippen molar-refractivity contribution in [2.75, 3.05) is 26.1 Å². The Balaban J connectivity index is 1.69. The molecule has 0 bridgehead atoms. The number of nitrogen functional groups attached to an aromatic ring is 1. The summed E-state index contributed by atoms with van der Waals surface area (Å²) >= 11 is 1.40. The predicted molar refractivity (Wildman–Crippen MR) is 127 cm³/mol. The van der Waals surface area contributed by atoms with Gasteiger partial charge < -0.3 is 15.2 Å². The Kier molecular flexibility index (Phi) is 6.75. The van der Waals surface area contributed by atoms with Gasteiger partial charge in [-0.1, -0.05) is 24.3 Å². The smallest absolute Gasteiger partial charge is 0.143 e. The molecule has 2 aromatic carbocycles. The first-order valence-electron chi connectivity index (χ1n) is 10.1. The first kappa shape index (κ1) is 22.2. The number of benzene rings is 2. The third kappa shape index (κ3) is 4.60. The van der Waals surface area contributed by atoms with E-state index in [0.29, 0.717) is 46.4 Å². The molecule has 0 unspecified atom stereocenters. The quantitative estimate of drug-likeness (QED) is 0.297. The minimum atomic E-state index is 0.0935. The monoisotopic (exact) mass is 456 g/mol. The maximum absolute atomic E-state index is 10.00. The Hall–Kier alpha value is -4.05. The predicted octanol–water partition coefficient (Wildman–Crippen LogP) is 4.27. The van der Waals surface area contributed by atoms with Crippen LogP contribution >= 0.6 is 11.8 Å². The van der Waals surface area contributed by atoms with E-state index in [9.17, 15) is 10.5 Å². The van der Waals surface area contributed by atoms with Crippen LogP contribution in [0.5, 0.6) is 5.75 Å². The molecule has 0 radical (unpaired) electrons. The minimum Gasteiger partial charge on any atom is -0.491 e. The first-order valence-corrected chi connectivity index (χ1v) is 11.0. The molecule has 164 valence electrons. The van der Waals surface area contributed by atoms with Crippen molar-refractivity contribution in [3.63, 3.8) is 0 Å². The van der Waals surface area contributed by atoms with Gasteiger partial charge in [-0.15, -0.1) is 11.8 Å². The number of hydrogen-bond acceptors (Lipinski definition) is 8. The lowest BCUT2D eigenvalue weighted by Gasteiger charge is -2.14. The summed E-state index contributed by atoms with van der Waals surface area (Å²) in [5, 5.41) is 28.3. The van der Waals surface area contributed by atoms with Gasteiger partial charge in [-0.2, -0.15) is 15.6 Å². The second kappa shape index (κ2) is 10.0. The maximum Gasteiger partial charge on any atom is 0.143 e. The Morgan fingerprint density at radius 2 is 1.85 bits per heavy atom. The molecule has 2 heterocycles. The van der Waals surface area contributed by atoms with Crippen LogP contribution in [0.3, 0.4) is 0 Å². The SMILES string of the molecule is COCCOc1ccc(-c2c(C#N)c(N)nc(SCc3cccc4[nH]ncc34)c2C#N)cc1.